The number of hydrogen-bond donors (Lipinski definition) is 0. The highest BCUT2D eigenvalue weighted by molar-refractivity contribution is 8.00. The van der Waals surface area contributed by atoms with Crippen molar-refractivity contribution in [3.63, 3.8) is 0 Å². The molecule has 71 heavy (non-hydrogen) atoms. The molecule has 0 heterocycles. The minimum atomic E-state index is 0.207. The summed E-state index contributed by atoms with van der Waals surface area (Å²) in [5.74, 6) is 2.80. The fraction of sp³-hybridized carbons (Fsp3) is 1.00. The van der Waals surface area contributed by atoms with Gasteiger partial charge in [-0.3, -0.25) is 0 Å². The van der Waals surface area contributed by atoms with Crippen molar-refractivity contribution in [2.75, 3.05) is 59.0 Å². The monoisotopic (exact) mass is 1040 g/mol. The maximum absolute atomic E-state index is 6.50. The number of nitrogens with zero attached hydrogens (tertiary/aromatic N) is 1. The molecular formula is C66H136NO2S2+. The van der Waals surface area contributed by atoms with Crippen LogP contribution < -0.4 is 0 Å². The molecule has 0 aliphatic heterocycles. The van der Waals surface area contributed by atoms with Gasteiger partial charge < -0.3 is 14.0 Å². The van der Waals surface area contributed by atoms with Crippen LogP contribution in [0.25, 0.3) is 0 Å². The summed E-state index contributed by atoms with van der Waals surface area (Å²) in [7, 11) is 6.88. The zero-order valence-corrected chi connectivity index (χ0v) is 52.0. The van der Waals surface area contributed by atoms with E-state index < -0.39 is 0 Å². The topological polar surface area (TPSA) is 18.5 Å². The number of thioether (sulfide) groups is 2. The average Bonchev–Trinajstić information content (AvgIpc) is 3.35. The summed E-state index contributed by atoms with van der Waals surface area (Å²) in [6, 6.07) is 0. The van der Waals surface area contributed by atoms with E-state index in [1.807, 2.05) is 0 Å². The molecule has 0 aliphatic rings. The van der Waals surface area contributed by atoms with E-state index in [0.29, 0.717) is 0 Å². The smallest absolute Gasteiger partial charge is 0.130 e. The van der Waals surface area contributed by atoms with Gasteiger partial charge in [-0.15, -0.1) is 0 Å². The Hall–Kier alpha value is 0.580. The van der Waals surface area contributed by atoms with Crippen LogP contribution in [0, 0.1) is 0 Å². The van der Waals surface area contributed by atoms with E-state index in [2.05, 4.69) is 72.4 Å². The largest absolute Gasteiger partial charge is 0.379 e. The molecule has 0 saturated carbocycles. The van der Waals surface area contributed by atoms with Crippen LogP contribution in [-0.4, -0.2) is 80.1 Å². The molecule has 3 unspecified atom stereocenters. The van der Waals surface area contributed by atoms with Gasteiger partial charge in [-0.1, -0.05) is 297 Å². The lowest BCUT2D eigenvalue weighted by Crippen LogP contribution is -2.44. The first kappa shape index (κ1) is 71.6. The van der Waals surface area contributed by atoms with Crippen LogP contribution in [0.15, 0.2) is 0 Å². The first-order valence-electron chi connectivity index (χ1n) is 33.1. The van der Waals surface area contributed by atoms with Crippen LogP contribution in [0.5, 0.6) is 0 Å². The Kier molecular flexibility index (Phi) is 60.3. The quantitative estimate of drug-likeness (QED) is 0.0446. The van der Waals surface area contributed by atoms with Crippen LogP contribution in [0.3, 0.4) is 0 Å². The molecule has 0 fully saturated rings. The van der Waals surface area contributed by atoms with Crippen LogP contribution in [0.4, 0.5) is 0 Å². The zero-order valence-electron chi connectivity index (χ0n) is 50.4. The second-order valence-corrected chi connectivity index (χ2v) is 26.8. The van der Waals surface area contributed by atoms with Crippen molar-refractivity contribution in [2.24, 2.45) is 0 Å². The second-order valence-electron chi connectivity index (χ2n) is 24.0. The molecule has 0 aromatic heterocycles. The van der Waals surface area contributed by atoms with Crippen molar-refractivity contribution in [2.45, 2.75) is 365 Å². The van der Waals surface area contributed by atoms with Gasteiger partial charge in [0, 0.05) is 23.7 Å². The molecule has 0 amide bonds. The fourth-order valence-corrected chi connectivity index (χ4v) is 13.4. The minimum Gasteiger partial charge on any atom is -0.379 e. The first-order valence-corrected chi connectivity index (χ1v) is 35.2. The van der Waals surface area contributed by atoms with Gasteiger partial charge in [0.15, 0.2) is 0 Å². The standard InChI is InChI=1S/C66H136NO2S2/c1-8-12-16-20-24-26-28-36-44-52-60-70-65(54-46-38-23-19-15-11-4)56-48-40-32-30-34-42-50-58-68-63-64(62-67(5,6)7)69-59-51-43-35-33-41-49-57-66(55-47-39-31-22-18-14-10-3)71-61-53-45-37-29-27-25-21-17-13-9-2/h64-66H,8-63H2,1-7H3/q+1. The lowest BCUT2D eigenvalue weighted by atomic mass is 10.0. The molecule has 0 saturated heterocycles. The van der Waals surface area contributed by atoms with Gasteiger partial charge in [0.2, 0.25) is 0 Å². The van der Waals surface area contributed by atoms with Gasteiger partial charge >= 0.3 is 0 Å². The summed E-state index contributed by atoms with van der Waals surface area (Å²) in [6.07, 6.45) is 71.4. The molecule has 428 valence electrons. The summed E-state index contributed by atoms with van der Waals surface area (Å²) in [4.78, 5) is 0. The molecule has 0 rings (SSSR count). The van der Waals surface area contributed by atoms with Crippen molar-refractivity contribution in [3.8, 4) is 0 Å². The van der Waals surface area contributed by atoms with E-state index in [1.165, 1.54) is 333 Å². The number of likely N-dealkylation sites (N-methyl/N-ethyl adjacent to an activating group) is 1. The van der Waals surface area contributed by atoms with Gasteiger partial charge in [0.1, 0.15) is 12.6 Å². The van der Waals surface area contributed by atoms with E-state index in [-0.39, 0.29) is 6.10 Å². The highest BCUT2D eigenvalue weighted by Gasteiger charge is 2.19. The Balaban J connectivity index is 4.24. The number of hydrogen-bond acceptors (Lipinski definition) is 4. The normalized spacial score (nSPS) is 13.4. The van der Waals surface area contributed by atoms with E-state index in [1.54, 1.807) is 0 Å². The van der Waals surface area contributed by atoms with Gasteiger partial charge in [0.05, 0.1) is 27.7 Å². The molecule has 0 aromatic rings. The molecule has 0 radical (unpaired) electrons. The zero-order chi connectivity index (χ0) is 51.7. The van der Waals surface area contributed by atoms with E-state index in [9.17, 15) is 0 Å². The molecule has 0 aliphatic carbocycles. The van der Waals surface area contributed by atoms with Crippen LogP contribution >= 0.6 is 23.5 Å². The average molecular weight is 1040 g/mol. The van der Waals surface area contributed by atoms with Gasteiger partial charge in [-0.05, 0) is 62.9 Å². The molecular weight excluding hydrogens is 903 g/mol. The Bertz CT molecular complexity index is 959. The number of rotatable bonds is 63. The Morgan fingerprint density at radius 2 is 0.549 bits per heavy atom. The van der Waals surface area contributed by atoms with E-state index >= 15 is 0 Å². The van der Waals surface area contributed by atoms with Crippen molar-refractivity contribution in [3.05, 3.63) is 0 Å². The van der Waals surface area contributed by atoms with E-state index in [4.69, 9.17) is 9.47 Å². The third-order valence-electron chi connectivity index (χ3n) is 15.4. The minimum absolute atomic E-state index is 0.207. The number of unbranched alkanes of at least 4 members (excludes halogenated alkanes) is 40. The molecule has 0 aromatic carbocycles. The summed E-state index contributed by atoms with van der Waals surface area (Å²) in [6.45, 7) is 12.9. The number of ether oxygens (including phenoxy) is 2. The SMILES string of the molecule is CCCCCCCCCCCCSC(CCCCCCCC)CCCCCCCCCOCC(C[N+](C)(C)C)OCCCCCCCCC(CCCCCCCCC)SCCCCCCCCCCCC. The third kappa shape index (κ3) is 59.7. The second kappa shape index (κ2) is 59.8. The molecule has 0 bridgehead atoms. The first-order chi connectivity index (χ1) is 34.9. The lowest BCUT2D eigenvalue weighted by molar-refractivity contribution is -0.873. The molecule has 0 N–H and O–H groups in total. The van der Waals surface area contributed by atoms with Crippen LogP contribution in [0.1, 0.15) is 349 Å². The summed E-state index contributed by atoms with van der Waals surface area (Å²) in [5.41, 5.74) is 0. The fourth-order valence-electron chi connectivity index (χ4n) is 10.7. The van der Waals surface area contributed by atoms with Crippen LogP contribution in [-0.2, 0) is 9.47 Å². The van der Waals surface area contributed by atoms with Gasteiger partial charge in [-0.25, -0.2) is 0 Å². The summed E-state index contributed by atoms with van der Waals surface area (Å²) >= 11 is 4.69. The predicted octanol–water partition coefficient (Wildman–Crippen LogP) is 22.9. The van der Waals surface area contributed by atoms with Crippen molar-refractivity contribution >= 4 is 23.5 Å². The Morgan fingerprint density at radius 1 is 0.296 bits per heavy atom. The van der Waals surface area contributed by atoms with Crippen LogP contribution in [0.2, 0.25) is 0 Å². The molecule has 3 nitrogen and oxygen atoms in total. The highest BCUT2D eigenvalue weighted by atomic mass is 32.2. The van der Waals surface area contributed by atoms with Crippen molar-refractivity contribution in [1.82, 2.24) is 0 Å². The third-order valence-corrected chi connectivity index (χ3v) is 18.3. The molecule has 0 spiro atoms. The van der Waals surface area contributed by atoms with Crippen molar-refractivity contribution in [1.29, 1.82) is 0 Å². The summed E-state index contributed by atoms with van der Waals surface area (Å²) < 4.78 is 13.7. The summed E-state index contributed by atoms with van der Waals surface area (Å²) in [5, 5.41) is 1.82. The Labute approximate surface area is 459 Å². The van der Waals surface area contributed by atoms with E-state index in [0.717, 1.165) is 41.3 Å². The molecule has 5 heteroatoms. The van der Waals surface area contributed by atoms with Gasteiger partial charge in [0.25, 0.3) is 0 Å². The predicted molar refractivity (Wildman–Crippen MR) is 329 cm³/mol. The highest BCUT2D eigenvalue weighted by Crippen LogP contribution is 2.28. The lowest BCUT2D eigenvalue weighted by Gasteiger charge is -2.29. The maximum atomic E-state index is 6.50. The molecule has 3 atom stereocenters. The maximum Gasteiger partial charge on any atom is 0.130 e. The Morgan fingerprint density at radius 3 is 0.845 bits per heavy atom. The van der Waals surface area contributed by atoms with Gasteiger partial charge in [-0.2, -0.15) is 23.5 Å². The van der Waals surface area contributed by atoms with Crippen molar-refractivity contribution < 1.29 is 14.0 Å². The number of quaternary nitrogens is 1.